The van der Waals surface area contributed by atoms with Gasteiger partial charge in [0.15, 0.2) is 6.04 Å². The second-order valence-corrected chi connectivity index (χ2v) is 14.7. The molecule has 51 heavy (non-hydrogen) atoms. The zero-order valence-corrected chi connectivity index (χ0v) is 29.0. The number of hydrogen-bond donors (Lipinski definition) is 3. The van der Waals surface area contributed by atoms with Gasteiger partial charge in [0.25, 0.3) is 5.92 Å². The number of carbonyl (C=O) groups is 2. The summed E-state index contributed by atoms with van der Waals surface area (Å²) in [5.41, 5.74) is 6.59. The Morgan fingerprint density at radius 3 is 2.06 bits per heavy atom. The van der Waals surface area contributed by atoms with E-state index >= 15 is 8.78 Å². The monoisotopic (exact) mass is 759 g/mol. The Hall–Kier alpha value is -3.79. The standard InChI is InChI=1S/C33H38ClF2N3O4S.C2HF3O2/c34-27-11-9-24(10-12-27)25-7-4-8-26(21-25)33(35,36)31(32(40)39-19-17-28(37)18-20-39)38-44(41,42)30-15-13-29(14-16-30)43-22-23-5-2-1-3-6-23;3-2(4,5)1(6)7/h4,7-16,21,23,28,31,38H,1-3,5-6,17-20,22,37H2;(H,6,7)/t31-;/m0./s1. The van der Waals surface area contributed by atoms with E-state index in [4.69, 9.17) is 32.0 Å². The molecular weight excluding hydrogens is 721 g/mol. The maximum absolute atomic E-state index is 16.4. The van der Waals surface area contributed by atoms with Gasteiger partial charge in [0.1, 0.15) is 5.75 Å². The molecule has 278 valence electrons. The molecule has 1 saturated heterocycles. The number of sulfonamides is 1. The highest BCUT2D eigenvalue weighted by Crippen LogP contribution is 2.37. The molecular formula is C35H39ClF5N3O6S. The molecule has 5 rings (SSSR count). The maximum Gasteiger partial charge on any atom is 0.490 e. The summed E-state index contributed by atoms with van der Waals surface area (Å²) in [6.45, 7) is 0.861. The number of likely N-dealkylation sites (tertiary alicyclic amines) is 1. The Bertz CT molecular complexity index is 1730. The SMILES string of the molecule is NC1CCN(C(=O)[C@H](NS(=O)(=O)c2ccc(OCC3CCCCC3)cc2)C(F)(F)c2cccc(-c3ccc(Cl)cc3)c2)CC1.O=C(O)C(F)(F)F. The summed E-state index contributed by atoms with van der Waals surface area (Å²) < 4.78 is 99.5. The second-order valence-electron chi connectivity index (χ2n) is 12.5. The minimum absolute atomic E-state index is 0.149. The third kappa shape index (κ3) is 11.1. The molecule has 1 aliphatic heterocycles. The molecule has 0 aromatic heterocycles. The first kappa shape index (κ1) is 40.0. The number of carbonyl (C=O) groups excluding carboxylic acids is 1. The van der Waals surface area contributed by atoms with E-state index in [0.717, 1.165) is 12.8 Å². The summed E-state index contributed by atoms with van der Waals surface area (Å²) in [5.74, 6) is -6.70. The number of hydrogen-bond acceptors (Lipinski definition) is 6. The van der Waals surface area contributed by atoms with Gasteiger partial charge in [-0.1, -0.05) is 61.2 Å². The normalized spacial score (nSPS) is 16.9. The molecule has 0 radical (unpaired) electrons. The maximum atomic E-state index is 16.4. The molecule has 3 aromatic rings. The van der Waals surface area contributed by atoms with Crippen molar-refractivity contribution in [3.05, 3.63) is 83.4 Å². The molecule has 2 fully saturated rings. The van der Waals surface area contributed by atoms with Gasteiger partial charge in [-0.2, -0.15) is 26.7 Å². The van der Waals surface area contributed by atoms with Crippen molar-refractivity contribution < 1.29 is 49.8 Å². The summed E-state index contributed by atoms with van der Waals surface area (Å²) in [5, 5.41) is 7.63. The molecule has 1 amide bonds. The fourth-order valence-electron chi connectivity index (χ4n) is 5.80. The van der Waals surface area contributed by atoms with Crippen LogP contribution in [0.5, 0.6) is 5.75 Å². The number of nitrogens with zero attached hydrogens (tertiary/aromatic N) is 1. The summed E-state index contributed by atoms with van der Waals surface area (Å²) in [7, 11) is -4.54. The number of halogens is 6. The summed E-state index contributed by atoms with van der Waals surface area (Å²) >= 11 is 5.99. The number of aliphatic carboxylic acids is 1. The van der Waals surface area contributed by atoms with E-state index in [0.29, 0.717) is 47.3 Å². The summed E-state index contributed by atoms with van der Waals surface area (Å²) in [6, 6.07) is 15.4. The number of alkyl halides is 5. The van der Waals surface area contributed by atoms with Crippen molar-refractivity contribution in [2.75, 3.05) is 19.7 Å². The highest BCUT2D eigenvalue weighted by molar-refractivity contribution is 7.89. The molecule has 1 heterocycles. The van der Waals surface area contributed by atoms with Crippen LogP contribution in [0, 0.1) is 5.92 Å². The van der Waals surface area contributed by atoms with Crippen molar-refractivity contribution in [3.8, 4) is 16.9 Å². The summed E-state index contributed by atoms with van der Waals surface area (Å²) in [6.07, 6.45) is 1.58. The lowest BCUT2D eigenvalue weighted by atomic mass is 9.90. The average molecular weight is 760 g/mol. The molecule has 4 N–H and O–H groups in total. The number of piperidine rings is 1. The molecule has 1 atom stereocenters. The largest absolute Gasteiger partial charge is 0.493 e. The molecule has 9 nitrogen and oxygen atoms in total. The third-order valence-electron chi connectivity index (χ3n) is 8.75. The van der Waals surface area contributed by atoms with Gasteiger partial charge in [-0.3, -0.25) is 4.79 Å². The van der Waals surface area contributed by atoms with Crippen LogP contribution in [-0.4, -0.2) is 68.3 Å². The van der Waals surface area contributed by atoms with Crippen LogP contribution in [0.25, 0.3) is 11.1 Å². The predicted octanol–water partition coefficient (Wildman–Crippen LogP) is 6.99. The van der Waals surface area contributed by atoms with Gasteiger partial charge in [0, 0.05) is 29.7 Å². The molecule has 1 aliphatic carbocycles. The van der Waals surface area contributed by atoms with E-state index in [1.54, 1.807) is 30.3 Å². The highest BCUT2D eigenvalue weighted by Gasteiger charge is 2.50. The van der Waals surface area contributed by atoms with Crippen LogP contribution in [0.3, 0.4) is 0 Å². The minimum atomic E-state index is -5.08. The van der Waals surface area contributed by atoms with Crippen LogP contribution < -0.4 is 15.2 Å². The molecule has 0 unspecified atom stereocenters. The van der Waals surface area contributed by atoms with Gasteiger partial charge in [0.2, 0.25) is 15.9 Å². The van der Waals surface area contributed by atoms with Crippen molar-refractivity contribution in [1.29, 1.82) is 0 Å². The lowest BCUT2D eigenvalue weighted by Gasteiger charge is -2.35. The molecule has 16 heteroatoms. The quantitative estimate of drug-likeness (QED) is 0.190. The van der Waals surface area contributed by atoms with Crippen LogP contribution in [0.15, 0.2) is 77.7 Å². The van der Waals surface area contributed by atoms with Crippen molar-refractivity contribution >= 4 is 33.5 Å². The van der Waals surface area contributed by atoms with Crippen LogP contribution in [0.2, 0.25) is 5.02 Å². The Morgan fingerprint density at radius 1 is 0.902 bits per heavy atom. The van der Waals surface area contributed by atoms with Crippen molar-refractivity contribution in [3.63, 3.8) is 0 Å². The number of carboxylic acid groups (broad SMARTS) is 1. The number of carboxylic acids is 1. The summed E-state index contributed by atoms with van der Waals surface area (Å²) in [4.78, 5) is 23.6. The first-order valence-corrected chi connectivity index (χ1v) is 18.2. The average Bonchev–Trinajstić information content (AvgIpc) is 3.10. The van der Waals surface area contributed by atoms with Gasteiger partial charge >= 0.3 is 12.1 Å². The molecule has 0 bridgehead atoms. The zero-order valence-electron chi connectivity index (χ0n) is 27.4. The molecule has 3 aromatic carbocycles. The van der Waals surface area contributed by atoms with E-state index in [2.05, 4.69) is 4.72 Å². The van der Waals surface area contributed by atoms with E-state index < -0.39 is 45.6 Å². The van der Waals surface area contributed by atoms with Gasteiger partial charge in [-0.25, -0.2) is 13.2 Å². The van der Waals surface area contributed by atoms with Crippen molar-refractivity contribution in [1.82, 2.24) is 9.62 Å². The van der Waals surface area contributed by atoms with Crippen LogP contribution in [0.1, 0.15) is 50.5 Å². The molecule has 2 aliphatic rings. The topological polar surface area (TPSA) is 139 Å². The smallest absolute Gasteiger partial charge is 0.490 e. The fraction of sp³-hybridized carbons (Fsp3) is 0.429. The van der Waals surface area contributed by atoms with Crippen molar-refractivity contribution in [2.24, 2.45) is 11.7 Å². The second kappa shape index (κ2) is 17.2. The number of ether oxygens (including phenoxy) is 1. The number of amides is 1. The number of nitrogens with one attached hydrogen (secondary N) is 1. The van der Waals surface area contributed by atoms with E-state index in [-0.39, 0.29) is 24.0 Å². The fourth-order valence-corrected chi connectivity index (χ4v) is 7.12. The van der Waals surface area contributed by atoms with E-state index in [1.165, 1.54) is 66.6 Å². The Kier molecular flexibility index (Phi) is 13.4. The predicted molar refractivity (Wildman–Crippen MR) is 181 cm³/mol. The lowest BCUT2D eigenvalue weighted by molar-refractivity contribution is -0.192. The number of rotatable bonds is 10. The Balaban J connectivity index is 0.000000755. The number of nitrogens with two attached hydrogens (primary N) is 1. The van der Waals surface area contributed by atoms with E-state index in [9.17, 15) is 26.4 Å². The first-order valence-electron chi connectivity index (χ1n) is 16.3. The lowest BCUT2D eigenvalue weighted by Crippen LogP contribution is -2.58. The van der Waals surface area contributed by atoms with Crippen LogP contribution in [-0.2, 0) is 25.5 Å². The van der Waals surface area contributed by atoms with Gasteiger partial charge in [-0.15, -0.1) is 0 Å². The highest BCUT2D eigenvalue weighted by atomic mass is 35.5. The van der Waals surface area contributed by atoms with Crippen LogP contribution >= 0.6 is 11.6 Å². The van der Waals surface area contributed by atoms with Crippen molar-refractivity contribution in [2.45, 2.75) is 74.0 Å². The van der Waals surface area contributed by atoms with Gasteiger partial charge < -0.3 is 20.5 Å². The first-order chi connectivity index (χ1) is 24.0. The minimum Gasteiger partial charge on any atom is -0.493 e. The van der Waals surface area contributed by atoms with Gasteiger partial charge in [-0.05, 0) is 85.2 Å². The van der Waals surface area contributed by atoms with Crippen LogP contribution in [0.4, 0.5) is 22.0 Å². The van der Waals surface area contributed by atoms with E-state index in [1.807, 2.05) is 0 Å². The Morgan fingerprint density at radius 2 is 1.49 bits per heavy atom. The van der Waals surface area contributed by atoms with Gasteiger partial charge in [0.05, 0.1) is 11.5 Å². The zero-order chi connectivity index (χ0) is 37.4. The third-order valence-corrected chi connectivity index (χ3v) is 10.4. The Labute approximate surface area is 298 Å². The molecule has 0 spiro atoms. The number of benzene rings is 3. The molecule has 1 saturated carbocycles.